The van der Waals surface area contributed by atoms with Crippen LogP contribution in [0.25, 0.3) is 6.08 Å². The maximum Gasteiger partial charge on any atom is 0.416 e. The minimum atomic E-state index is -4.46. The van der Waals surface area contributed by atoms with Gasteiger partial charge in [0.15, 0.2) is 0 Å². The van der Waals surface area contributed by atoms with Crippen LogP contribution < -0.4 is 4.74 Å². The molecule has 3 nitrogen and oxygen atoms in total. The van der Waals surface area contributed by atoms with Gasteiger partial charge in [-0.05, 0) is 74.3 Å². The summed E-state index contributed by atoms with van der Waals surface area (Å²) in [5.41, 5.74) is -0.300. The highest BCUT2D eigenvalue weighted by atomic mass is 19.4. The van der Waals surface area contributed by atoms with Crippen molar-refractivity contribution < 1.29 is 23.0 Å². The number of benzene rings is 2. The first-order chi connectivity index (χ1) is 14.1. The van der Waals surface area contributed by atoms with E-state index in [0.717, 1.165) is 41.9 Å². The molecule has 6 heteroatoms. The van der Waals surface area contributed by atoms with Crippen LogP contribution in [-0.2, 0) is 11.8 Å². The topological polar surface area (TPSA) is 32.7 Å². The number of hydrogen-bond donors (Lipinski definition) is 1. The molecule has 0 saturated heterocycles. The Morgan fingerprint density at radius 1 is 1.17 bits per heavy atom. The molecule has 1 N–H and O–H groups in total. The number of nitrogens with zero attached hydrogens (tertiary/aromatic N) is 1. The Hall–Kier alpha value is -2.31. The Balaban J connectivity index is 2.11. The molecule has 0 heterocycles. The molecule has 1 saturated carbocycles. The van der Waals surface area contributed by atoms with Gasteiger partial charge in [-0.15, -0.1) is 0 Å². The van der Waals surface area contributed by atoms with Crippen molar-refractivity contribution in [2.24, 2.45) is 5.92 Å². The molecule has 30 heavy (non-hydrogen) atoms. The number of aliphatic hydroxyl groups is 1. The molecule has 2 aromatic rings. The molecule has 162 valence electrons. The molecule has 2 unspecified atom stereocenters. The second-order valence-corrected chi connectivity index (χ2v) is 8.14. The standard InChI is InChI=1S/C24H28F3NO2/c1-28(2)16-21-9-5-6-18(14-17-10-12-22(30-3)13-11-17)23(21,29)19-7-4-8-20(15-19)24(25,26)27/h4,7-8,10-15,21,29H,5-6,9,16H2,1-3H3. The van der Waals surface area contributed by atoms with Crippen molar-refractivity contribution in [1.82, 2.24) is 4.90 Å². The molecule has 0 aromatic heterocycles. The molecule has 3 rings (SSSR count). The largest absolute Gasteiger partial charge is 0.497 e. The van der Waals surface area contributed by atoms with Crippen molar-refractivity contribution >= 4 is 6.08 Å². The quantitative estimate of drug-likeness (QED) is 0.710. The minimum absolute atomic E-state index is 0.214. The lowest BCUT2D eigenvalue weighted by Gasteiger charge is -2.44. The molecular formula is C24H28F3NO2. The van der Waals surface area contributed by atoms with E-state index in [0.29, 0.717) is 18.5 Å². The first-order valence-electron chi connectivity index (χ1n) is 10.0. The van der Waals surface area contributed by atoms with Crippen LogP contribution in [0, 0.1) is 5.92 Å². The maximum atomic E-state index is 13.4. The minimum Gasteiger partial charge on any atom is -0.497 e. The molecule has 2 aromatic carbocycles. The summed E-state index contributed by atoms with van der Waals surface area (Å²) in [5.74, 6) is 0.508. The normalized spacial score (nSPS) is 23.7. The highest BCUT2D eigenvalue weighted by Crippen LogP contribution is 2.47. The van der Waals surface area contributed by atoms with Gasteiger partial charge < -0.3 is 14.7 Å². The summed E-state index contributed by atoms with van der Waals surface area (Å²) >= 11 is 0. The van der Waals surface area contributed by atoms with Crippen LogP contribution in [0.3, 0.4) is 0 Å². The number of methoxy groups -OCH3 is 1. The summed E-state index contributed by atoms with van der Waals surface area (Å²) in [6, 6.07) is 12.5. The third-order valence-electron chi connectivity index (χ3n) is 5.75. The smallest absolute Gasteiger partial charge is 0.416 e. The second-order valence-electron chi connectivity index (χ2n) is 8.14. The van der Waals surface area contributed by atoms with Gasteiger partial charge in [0.2, 0.25) is 0 Å². The molecule has 1 aliphatic rings. The van der Waals surface area contributed by atoms with Crippen molar-refractivity contribution in [3.8, 4) is 5.75 Å². The lowest BCUT2D eigenvalue weighted by atomic mass is 9.67. The van der Waals surface area contributed by atoms with Gasteiger partial charge in [-0.1, -0.05) is 30.3 Å². The summed E-state index contributed by atoms with van der Waals surface area (Å²) in [7, 11) is 5.41. The molecule has 0 spiro atoms. The fourth-order valence-electron chi connectivity index (χ4n) is 4.30. The van der Waals surface area contributed by atoms with Gasteiger partial charge in [-0.3, -0.25) is 0 Å². The highest BCUT2D eigenvalue weighted by molar-refractivity contribution is 5.58. The van der Waals surface area contributed by atoms with E-state index in [1.54, 1.807) is 13.2 Å². The van der Waals surface area contributed by atoms with Crippen molar-refractivity contribution in [3.63, 3.8) is 0 Å². The van der Waals surface area contributed by atoms with E-state index in [1.165, 1.54) is 6.07 Å². The van der Waals surface area contributed by atoms with Gasteiger partial charge in [0, 0.05) is 12.5 Å². The van der Waals surface area contributed by atoms with Crippen molar-refractivity contribution in [1.29, 1.82) is 0 Å². The van der Waals surface area contributed by atoms with E-state index in [4.69, 9.17) is 4.74 Å². The first kappa shape index (κ1) is 22.4. The van der Waals surface area contributed by atoms with Gasteiger partial charge >= 0.3 is 6.18 Å². The Morgan fingerprint density at radius 2 is 1.87 bits per heavy atom. The fourth-order valence-corrected chi connectivity index (χ4v) is 4.30. The molecular weight excluding hydrogens is 391 g/mol. The molecule has 1 fully saturated rings. The Kier molecular flexibility index (Phi) is 6.58. The van der Waals surface area contributed by atoms with E-state index in [1.807, 2.05) is 49.3 Å². The van der Waals surface area contributed by atoms with Gasteiger partial charge in [0.05, 0.1) is 12.7 Å². The third-order valence-corrected chi connectivity index (χ3v) is 5.75. The fraction of sp³-hybridized carbons (Fsp3) is 0.417. The van der Waals surface area contributed by atoms with Crippen LogP contribution in [0.5, 0.6) is 5.75 Å². The average molecular weight is 419 g/mol. The zero-order valence-corrected chi connectivity index (χ0v) is 17.5. The third kappa shape index (κ3) is 4.71. The zero-order valence-electron chi connectivity index (χ0n) is 17.5. The summed E-state index contributed by atoms with van der Waals surface area (Å²) in [5, 5.41) is 12.0. The lowest BCUT2D eigenvalue weighted by Crippen LogP contribution is -2.44. The molecule has 0 bridgehead atoms. The van der Waals surface area contributed by atoms with Crippen molar-refractivity contribution in [2.45, 2.75) is 31.0 Å². The van der Waals surface area contributed by atoms with Gasteiger partial charge in [-0.25, -0.2) is 0 Å². The Labute approximate surface area is 175 Å². The number of hydrogen-bond acceptors (Lipinski definition) is 3. The van der Waals surface area contributed by atoms with E-state index in [-0.39, 0.29) is 5.92 Å². The molecule has 0 aliphatic heterocycles. The van der Waals surface area contributed by atoms with Gasteiger partial charge in [0.25, 0.3) is 0 Å². The summed E-state index contributed by atoms with van der Waals surface area (Å²) < 4.78 is 45.3. The van der Waals surface area contributed by atoms with Crippen LogP contribution in [0.2, 0.25) is 0 Å². The van der Waals surface area contributed by atoms with Crippen LogP contribution in [0.1, 0.15) is 36.0 Å². The van der Waals surface area contributed by atoms with Gasteiger partial charge in [0.1, 0.15) is 11.4 Å². The van der Waals surface area contributed by atoms with Crippen LogP contribution >= 0.6 is 0 Å². The van der Waals surface area contributed by atoms with E-state index < -0.39 is 17.3 Å². The maximum absolute atomic E-state index is 13.4. The van der Waals surface area contributed by atoms with Crippen LogP contribution in [0.15, 0.2) is 54.1 Å². The number of halogens is 3. The number of alkyl halides is 3. The van der Waals surface area contributed by atoms with E-state index in [2.05, 4.69) is 0 Å². The molecule has 2 atom stereocenters. The summed E-state index contributed by atoms with van der Waals surface area (Å²) in [4.78, 5) is 1.97. The van der Waals surface area contributed by atoms with E-state index >= 15 is 0 Å². The lowest BCUT2D eigenvalue weighted by molar-refractivity contribution is -0.137. The SMILES string of the molecule is COc1ccc(C=C2CCCC(CN(C)C)C2(O)c2cccc(C(F)(F)F)c2)cc1. The van der Waals surface area contributed by atoms with Crippen LogP contribution in [-0.4, -0.2) is 37.8 Å². The number of ether oxygens (including phenoxy) is 1. The predicted octanol–water partition coefficient (Wildman–Crippen LogP) is 5.35. The monoisotopic (exact) mass is 419 g/mol. The summed E-state index contributed by atoms with van der Waals surface area (Å²) in [6.07, 6.45) is -0.311. The zero-order chi connectivity index (χ0) is 21.9. The Morgan fingerprint density at radius 3 is 2.47 bits per heavy atom. The highest BCUT2D eigenvalue weighted by Gasteiger charge is 2.45. The number of rotatable bonds is 5. The van der Waals surface area contributed by atoms with E-state index in [9.17, 15) is 18.3 Å². The predicted molar refractivity (Wildman–Crippen MR) is 112 cm³/mol. The molecule has 0 radical (unpaired) electrons. The average Bonchev–Trinajstić information content (AvgIpc) is 2.71. The van der Waals surface area contributed by atoms with Crippen LogP contribution in [0.4, 0.5) is 13.2 Å². The molecule has 1 aliphatic carbocycles. The second kappa shape index (κ2) is 8.82. The first-order valence-corrected chi connectivity index (χ1v) is 10.0. The van der Waals surface area contributed by atoms with Crippen molar-refractivity contribution in [2.75, 3.05) is 27.7 Å². The summed E-state index contributed by atoms with van der Waals surface area (Å²) in [6.45, 7) is 0.576. The molecule has 0 amide bonds. The van der Waals surface area contributed by atoms with Crippen molar-refractivity contribution in [3.05, 3.63) is 70.8 Å². The Bertz CT molecular complexity index is 890. The van der Waals surface area contributed by atoms with Gasteiger partial charge in [-0.2, -0.15) is 13.2 Å².